The van der Waals surface area contributed by atoms with Crippen LogP contribution in [0.5, 0.6) is 5.75 Å². The van der Waals surface area contributed by atoms with Crippen LogP contribution in [-0.2, 0) is 27.4 Å². The molecule has 7 nitrogen and oxygen atoms in total. The van der Waals surface area contributed by atoms with Crippen molar-refractivity contribution >= 4 is 22.0 Å². The van der Waals surface area contributed by atoms with Gasteiger partial charge in [0, 0.05) is 51.4 Å². The number of benzene rings is 3. The Morgan fingerprint density at radius 3 is 2.33 bits per heavy atom. The van der Waals surface area contributed by atoms with Gasteiger partial charge in [0.2, 0.25) is 15.9 Å². The fourth-order valence-corrected chi connectivity index (χ4v) is 6.22. The third-order valence-corrected chi connectivity index (χ3v) is 9.02. The maximum Gasteiger partial charge on any atom is 0.416 e. The average Bonchev–Trinajstić information content (AvgIpc) is 2.99. The van der Waals surface area contributed by atoms with E-state index in [9.17, 15) is 26.4 Å². The first kappa shape index (κ1) is 31.3. The van der Waals surface area contributed by atoms with E-state index in [2.05, 4.69) is 4.90 Å². The number of rotatable bonds is 11. The fraction of sp³-hybridized carbons (Fsp3) is 0.323. The maximum atomic E-state index is 13.3. The summed E-state index contributed by atoms with van der Waals surface area (Å²) in [4.78, 5) is 16.7. The van der Waals surface area contributed by atoms with Crippen LogP contribution in [0.25, 0.3) is 6.08 Å². The van der Waals surface area contributed by atoms with Gasteiger partial charge in [-0.3, -0.25) is 9.69 Å². The largest absolute Gasteiger partial charge is 0.496 e. The number of hydrogen-bond donors (Lipinski definition) is 0. The molecule has 42 heavy (non-hydrogen) atoms. The van der Waals surface area contributed by atoms with Crippen molar-refractivity contribution in [3.05, 3.63) is 102 Å². The van der Waals surface area contributed by atoms with Gasteiger partial charge in [-0.25, -0.2) is 8.42 Å². The Kier molecular flexibility index (Phi) is 10.4. The van der Waals surface area contributed by atoms with E-state index in [1.807, 2.05) is 66.7 Å². The molecule has 3 aromatic carbocycles. The SMILES string of the molecule is COc1ccccc1/C=C/CN(CCN1CCN(S(=O)(=O)c2cccc(C(F)(F)F)c2)CC1)C(=O)Cc1ccccc1. The molecule has 4 rings (SSSR count). The van der Waals surface area contributed by atoms with Crippen LogP contribution < -0.4 is 4.74 Å². The molecule has 0 saturated carbocycles. The molecule has 0 spiro atoms. The van der Waals surface area contributed by atoms with Gasteiger partial charge in [-0.1, -0.05) is 66.7 Å². The van der Waals surface area contributed by atoms with Gasteiger partial charge in [0.1, 0.15) is 5.75 Å². The molecule has 0 bridgehead atoms. The molecule has 1 aliphatic rings. The van der Waals surface area contributed by atoms with Crippen molar-refractivity contribution in [1.29, 1.82) is 0 Å². The third-order valence-electron chi connectivity index (χ3n) is 7.13. The minimum absolute atomic E-state index is 0.0309. The standard InChI is InChI=1S/C31H34F3N3O4S/c1-41-29-15-6-5-11-26(29)12-8-16-36(30(38)23-25-9-3-2-4-10-25)20-17-35-18-21-37(22-19-35)42(39,40)28-14-7-13-27(24-28)31(32,33)34/h2-15,24H,16-23H2,1H3/b12-8+. The van der Waals surface area contributed by atoms with Crippen LogP contribution in [0, 0.1) is 0 Å². The number of hydrogen-bond acceptors (Lipinski definition) is 5. The summed E-state index contributed by atoms with van der Waals surface area (Å²) in [5.74, 6) is 0.700. The minimum Gasteiger partial charge on any atom is -0.496 e. The number of nitrogens with zero attached hydrogens (tertiary/aromatic N) is 3. The molecule has 0 aliphatic carbocycles. The second-order valence-electron chi connectivity index (χ2n) is 9.92. The molecule has 0 atom stereocenters. The molecule has 1 saturated heterocycles. The first-order valence-electron chi connectivity index (χ1n) is 13.6. The predicted molar refractivity (Wildman–Crippen MR) is 155 cm³/mol. The molecule has 224 valence electrons. The van der Waals surface area contributed by atoms with Crippen molar-refractivity contribution in [2.24, 2.45) is 0 Å². The zero-order valence-corrected chi connectivity index (χ0v) is 24.2. The number of halogens is 3. The van der Waals surface area contributed by atoms with Gasteiger partial charge >= 0.3 is 6.18 Å². The molecule has 0 radical (unpaired) electrons. The Labute approximate surface area is 244 Å². The van der Waals surface area contributed by atoms with Crippen LogP contribution in [0.2, 0.25) is 0 Å². The second-order valence-corrected chi connectivity index (χ2v) is 11.9. The third kappa shape index (κ3) is 8.21. The van der Waals surface area contributed by atoms with Crippen molar-refractivity contribution in [1.82, 2.24) is 14.1 Å². The van der Waals surface area contributed by atoms with Crippen molar-refractivity contribution in [2.45, 2.75) is 17.5 Å². The molecule has 0 unspecified atom stereocenters. The van der Waals surface area contributed by atoms with E-state index in [1.165, 1.54) is 10.4 Å². The normalized spacial score (nSPS) is 15.1. The molecule has 0 aromatic heterocycles. The number of sulfonamides is 1. The average molecular weight is 602 g/mol. The lowest BCUT2D eigenvalue weighted by atomic mass is 10.1. The molecule has 1 fully saturated rings. The lowest BCUT2D eigenvalue weighted by Gasteiger charge is -2.35. The number of carbonyl (C=O) groups excluding carboxylic acids is 1. The van der Waals surface area contributed by atoms with E-state index >= 15 is 0 Å². The van der Waals surface area contributed by atoms with Gasteiger partial charge in [-0.15, -0.1) is 0 Å². The van der Waals surface area contributed by atoms with Crippen molar-refractivity contribution in [2.75, 3.05) is 52.9 Å². The monoisotopic (exact) mass is 601 g/mol. The van der Waals surface area contributed by atoms with E-state index in [0.29, 0.717) is 38.8 Å². The first-order valence-corrected chi connectivity index (χ1v) is 15.0. The van der Waals surface area contributed by atoms with Gasteiger partial charge in [0.15, 0.2) is 0 Å². The van der Waals surface area contributed by atoms with E-state index < -0.39 is 21.8 Å². The van der Waals surface area contributed by atoms with Crippen LogP contribution >= 0.6 is 0 Å². The Bertz CT molecular complexity index is 1470. The van der Waals surface area contributed by atoms with E-state index in [0.717, 1.165) is 29.0 Å². The van der Waals surface area contributed by atoms with Crippen LogP contribution in [0.1, 0.15) is 16.7 Å². The highest BCUT2D eigenvalue weighted by Gasteiger charge is 2.34. The highest BCUT2D eigenvalue weighted by atomic mass is 32.2. The van der Waals surface area contributed by atoms with Crippen LogP contribution in [-0.4, -0.2) is 81.4 Å². The summed E-state index contributed by atoms with van der Waals surface area (Å²) < 4.78 is 72.1. The van der Waals surface area contributed by atoms with Gasteiger partial charge < -0.3 is 9.64 Å². The molecular formula is C31H34F3N3O4S. The Morgan fingerprint density at radius 1 is 0.952 bits per heavy atom. The summed E-state index contributed by atoms with van der Waals surface area (Å²) in [6.07, 6.45) is -0.540. The number of alkyl halides is 3. The summed E-state index contributed by atoms with van der Waals surface area (Å²) in [5, 5.41) is 0. The zero-order chi connectivity index (χ0) is 30.2. The Morgan fingerprint density at radius 2 is 1.64 bits per heavy atom. The van der Waals surface area contributed by atoms with Crippen molar-refractivity contribution in [3.63, 3.8) is 0 Å². The molecule has 1 aliphatic heterocycles. The number of para-hydroxylation sites is 1. The number of piperazine rings is 1. The van der Waals surface area contributed by atoms with Gasteiger partial charge in [-0.2, -0.15) is 17.5 Å². The number of amides is 1. The Hall–Kier alpha value is -3.67. The van der Waals surface area contributed by atoms with Gasteiger partial charge in [0.25, 0.3) is 0 Å². The van der Waals surface area contributed by atoms with Gasteiger partial charge in [-0.05, 0) is 29.8 Å². The quantitative estimate of drug-likeness (QED) is 0.316. The summed E-state index contributed by atoms with van der Waals surface area (Å²) in [6.45, 7) is 2.43. The van der Waals surface area contributed by atoms with Crippen molar-refractivity contribution < 1.29 is 31.1 Å². The zero-order valence-electron chi connectivity index (χ0n) is 23.3. The summed E-state index contributed by atoms with van der Waals surface area (Å²) in [6, 6.07) is 20.9. The molecule has 1 amide bonds. The van der Waals surface area contributed by atoms with E-state index in [4.69, 9.17) is 4.74 Å². The highest BCUT2D eigenvalue weighted by molar-refractivity contribution is 7.89. The molecule has 11 heteroatoms. The van der Waals surface area contributed by atoms with Gasteiger partial charge in [0.05, 0.1) is 24.0 Å². The highest BCUT2D eigenvalue weighted by Crippen LogP contribution is 2.31. The summed E-state index contributed by atoms with van der Waals surface area (Å²) >= 11 is 0. The van der Waals surface area contributed by atoms with Crippen LogP contribution in [0.4, 0.5) is 13.2 Å². The number of methoxy groups -OCH3 is 1. The summed E-state index contributed by atoms with van der Waals surface area (Å²) in [5.41, 5.74) is 0.811. The maximum absolute atomic E-state index is 13.3. The lowest BCUT2D eigenvalue weighted by Crippen LogP contribution is -2.50. The van der Waals surface area contributed by atoms with E-state index in [-0.39, 0.29) is 30.3 Å². The topological polar surface area (TPSA) is 70.2 Å². The Balaban J connectivity index is 1.38. The number of ether oxygens (including phenoxy) is 1. The molecule has 1 heterocycles. The molecule has 0 N–H and O–H groups in total. The smallest absolute Gasteiger partial charge is 0.416 e. The van der Waals surface area contributed by atoms with Crippen molar-refractivity contribution in [3.8, 4) is 5.75 Å². The second kappa shape index (κ2) is 14.0. The minimum atomic E-state index is -4.63. The predicted octanol–water partition coefficient (Wildman–Crippen LogP) is 4.81. The first-order chi connectivity index (χ1) is 20.1. The molecule has 3 aromatic rings. The number of carbonyl (C=O) groups is 1. The molecular weight excluding hydrogens is 567 g/mol. The van der Waals surface area contributed by atoms with Crippen LogP contribution in [0.15, 0.2) is 89.8 Å². The fourth-order valence-electron chi connectivity index (χ4n) is 4.75. The summed E-state index contributed by atoms with van der Waals surface area (Å²) in [7, 11) is -2.46. The van der Waals surface area contributed by atoms with Crippen LogP contribution in [0.3, 0.4) is 0 Å². The lowest BCUT2D eigenvalue weighted by molar-refractivity contribution is -0.137. The van der Waals surface area contributed by atoms with E-state index in [1.54, 1.807) is 12.0 Å².